The molecule has 106 valence electrons. The van der Waals surface area contributed by atoms with Gasteiger partial charge in [0, 0.05) is 12.1 Å². The van der Waals surface area contributed by atoms with Crippen LogP contribution in [0.2, 0.25) is 0 Å². The predicted octanol–water partition coefficient (Wildman–Crippen LogP) is -0.950. The highest BCUT2D eigenvalue weighted by atomic mass is 19.1. The number of aliphatic hydroxyl groups excluding tert-OH is 2. The molecule has 0 aliphatic carbocycles. The SMILES string of the molecule is CC1[C@@H](F)[C@@H](O)[C@@H](CO)O[C@H]1n1ccc(N)nc1=O. The molecule has 0 spiro atoms. The quantitative estimate of drug-likeness (QED) is 0.640. The third kappa shape index (κ3) is 2.46. The number of aliphatic hydroxyl groups is 2. The van der Waals surface area contributed by atoms with Gasteiger partial charge in [0.1, 0.15) is 30.4 Å². The molecule has 1 aliphatic heterocycles. The largest absolute Gasteiger partial charge is 0.394 e. The minimum absolute atomic E-state index is 0.0558. The van der Waals surface area contributed by atoms with E-state index in [-0.39, 0.29) is 5.82 Å². The summed E-state index contributed by atoms with van der Waals surface area (Å²) < 4.78 is 20.4. The van der Waals surface area contributed by atoms with Crippen LogP contribution in [0.4, 0.5) is 10.2 Å². The molecule has 2 heterocycles. The second-order valence-electron chi connectivity index (χ2n) is 4.58. The third-order valence-corrected chi connectivity index (χ3v) is 3.28. The number of nitrogens with two attached hydrogens (primary N) is 1. The molecule has 8 heteroatoms. The molecule has 1 fully saturated rings. The van der Waals surface area contributed by atoms with Gasteiger partial charge in [-0.25, -0.2) is 9.18 Å². The first kappa shape index (κ1) is 13.9. The maximum Gasteiger partial charge on any atom is 0.351 e. The molecule has 1 unspecified atom stereocenters. The Kier molecular flexibility index (Phi) is 3.83. The lowest BCUT2D eigenvalue weighted by Gasteiger charge is -2.40. The predicted molar refractivity (Wildman–Crippen MR) is 64.0 cm³/mol. The summed E-state index contributed by atoms with van der Waals surface area (Å²) in [7, 11) is 0. The van der Waals surface area contributed by atoms with Gasteiger partial charge in [0.25, 0.3) is 0 Å². The molecule has 4 N–H and O–H groups in total. The first-order chi connectivity index (χ1) is 8.95. The molecule has 0 radical (unpaired) electrons. The highest BCUT2D eigenvalue weighted by molar-refractivity contribution is 5.23. The van der Waals surface area contributed by atoms with Crippen LogP contribution in [0.25, 0.3) is 0 Å². The molecule has 1 saturated heterocycles. The molecular formula is C11H16FN3O4. The van der Waals surface area contributed by atoms with Crippen molar-refractivity contribution in [2.24, 2.45) is 5.92 Å². The second-order valence-corrected chi connectivity index (χ2v) is 4.58. The maximum atomic E-state index is 14.0. The van der Waals surface area contributed by atoms with E-state index in [9.17, 15) is 14.3 Å². The summed E-state index contributed by atoms with van der Waals surface area (Å²) in [6.07, 6.45) is -3.71. The molecule has 0 amide bonds. The summed E-state index contributed by atoms with van der Waals surface area (Å²) in [6, 6.07) is 1.39. The van der Waals surface area contributed by atoms with Gasteiger partial charge in [-0.1, -0.05) is 6.92 Å². The van der Waals surface area contributed by atoms with Gasteiger partial charge in [-0.05, 0) is 6.07 Å². The maximum absolute atomic E-state index is 14.0. The van der Waals surface area contributed by atoms with Crippen molar-refractivity contribution < 1.29 is 19.3 Å². The van der Waals surface area contributed by atoms with Crippen molar-refractivity contribution in [2.45, 2.75) is 31.5 Å². The molecule has 0 saturated carbocycles. The van der Waals surface area contributed by atoms with Crippen LogP contribution in [0.1, 0.15) is 13.2 Å². The van der Waals surface area contributed by atoms with Crippen LogP contribution in [-0.2, 0) is 4.74 Å². The van der Waals surface area contributed by atoms with Crippen molar-refractivity contribution in [1.29, 1.82) is 0 Å². The Hall–Kier alpha value is -1.51. The molecule has 19 heavy (non-hydrogen) atoms. The second kappa shape index (κ2) is 5.24. The van der Waals surface area contributed by atoms with E-state index in [0.717, 1.165) is 4.57 Å². The van der Waals surface area contributed by atoms with Crippen molar-refractivity contribution in [1.82, 2.24) is 9.55 Å². The van der Waals surface area contributed by atoms with E-state index < -0.39 is 42.8 Å². The van der Waals surface area contributed by atoms with Crippen LogP contribution >= 0.6 is 0 Å². The van der Waals surface area contributed by atoms with Crippen LogP contribution in [-0.4, -0.2) is 44.8 Å². The number of alkyl halides is 1. The van der Waals surface area contributed by atoms with Gasteiger partial charge in [0.05, 0.1) is 6.61 Å². The number of aromatic nitrogens is 2. The minimum atomic E-state index is -1.61. The lowest BCUT2D eigenvalue weighted by atomic mass is 9.92. The number of hydrogen-bond acceptors (Lipinski definition) is 6. The van der Waals surface area contributed by atoms with Crippen LogP contribution in [0, 0.1) is 5.92 Å². The lowest BCUT2D eigenvalue weighted by Crippen LogP contribution is -2.52. The summed E-state index contributed by atoms with van der Waals surface area (Å²) in [5.74, 6) is -0.707. The summed E-state index contributed by atoms with van der Waals surface area (Å²) in [5.41, 5.74) is 4.71. The average molecular weight is 273 g/mol. The van der Waals surface area contributed by atoms with E-state index in [1.54, 1.807) is 0 Å². The molecule has 7 nitrogen and oxygen atoms in total. The van der Waals surface area contributed by atoms with Crippen LogP contribution in [0.3, 0.4) is 0 Å². The normalized spacial score (nSPS) is 35.3. The number of rotatable bonds is 2. The average Bonchev–Trinajstić information content (AvgIpc) is 2.38. The van der Waals surface area contributed by atoms with Gasteiger partial charge < -0.3 is 20.7 Å². The number of nitrogen functional groups attached to an aromatic ring is 1. The first-order valence-corrected chi connectivity index (χ1v) is 5.89. The van der Waals surface area contributed by atoms with E-state index in [1.165, 1.54) is 19.2 Å². The Morgan fingerprint density at radius 1 is 1.63 bits per heavy atom. The number of anilines is 1. The smallest absolute Gasteiger partial charge is 0.351 e. The number of hydrogen-bond donors (Lipinski definition) is 3. The van der Waals surface area contributed by atoms with E-state index in [4.69, 9.17) is 15.6 Å². The van der Waals surface area contributed by atoms with Gasteiger partial charge in [-0.2, -0.15) is 4.98 Å². The topological polar surface area (TPSA) is 111 Å². The molecule has 0 bridgehead atoms. The van der Waals surface area contributed by atoms with E-state index >= 15 is 0 Å². The fourth-order valence-corrected chi connectivity index (χ4v) is 2.15. The Bertz CT molecular complexity index is 507. The van der Waals surface area contributed by atoms with Crippen molar-refractivity contribution in [3.8, 4) is 0 Å². The molecule has 1 aromatic heterocycles. The van der Waals surface area contributed by atoms with Crippen LogP contribution < -0.4 is 11.4 Å². The van der Waals surface area contributed by atoms with Crippen molar-refractivity contribution in [2.75, 3.05) is 12.3 Å². The monoisotopic (exact) mass is 273 g/mol. The van der Waals surface area contributed by atoms with Gasteiger partial charge in [-0.3, -0.25) is 4.57 Å². The number of halogens is 1. The zero-order chi connectivity index (χ0) is 14.2. The summed E-state index contributed by atoms with van der Waals surface area (Å²) >= 11 is 0. The fourth-order valence-electron chi connectivity index (χ4n) is 2.15. The highest BCUT2D eigenvalue weighted by Gasteiger charge is 2.44. The van der Waals surface area contributed by atoms with Crippen LogP contribution in [0.5, 0.6) is 0 Å². The summed E-state index contributed by atoms with van der Waals surface area (Å²) in [4.78, 5) is 15.2. The standard InChI is InChI=1S/C11H16FN3O4/c1-5-8(12)9(17)6(4-16)19-10(5)15-3-2-7(13)14-11(15)18/h2-3,5-6,8-10,16-17H,4H2,1H3,(H2,13,14,18)/t5?,6-,8-,9+,10-/m1/s1. The Morgan fingerprint density at radius 2 is 2.32 bits per heavy atom. The van der Waals surface area contributed by atoms with Gasteiger partial charge in [0.2, 0.25) is 0 Å². The Morgan fingerprint density at radius 3 is 2.89 bits per heavy atom. The zero-order valence-corrected chi connectivity index (χ0v) is 10.3. The Labute approximate surface area is 108 Å². The summed E-state index contributed by atoms with van der Waals surface area (Å²) in [6.45, 7) is 0.969. The van der Waals surface area contributed by atoms with Gasteiger partial charge in [-0.15, -0.1) is 0 Å². The van der Waals surface area contributed by atoms with E-state index in [0.29, 0.717) is 0 Å². The molecule has 1 aromatic rings. The van der Waals surface area contributed by atoms with Gasteiger partial charge >= 0.3 is 5.69 Å². The van der Waals surface area contributed by atoms with Crippen LogP contribution in [0.15, 0.2) is 17.1 Å². The lowest BCUT2D eigenvalue weighted by molar-refractivity contribution is -0.213. The van der Waals surface area contributed by atoms with E-state index in [2.05, 4.69) is 4.98 Å². The number of nitrogens with zero attached hydrogens (tertiary/aromatic N) is 2. The molecule has 1 aliphatic rings. The van der Waals surface area contributed by atoms with Crippen molar-refractivity contribution in [3.63, 3.8) is 0 Å². The minimum Gasteiger partial charge on any atom is -0.394 e. The molecular weight excluding hydrogens is 257 g/mol. The van der Waals surface area contributed by atoms with Crippen molar-refractivity contribution >= 4 is 5.82 Å². The van der Waals surface area contributed by atoms with Crippen molar-refractivity contribution in [3.05, 3.63) is 22.7 Å². The molecule has 2 rings (SSSR count). The highest BCUT2D eigenvalue weighted by Crippen LogP contribution is 2.33. The molecule has 0 aromatic carbocycles. The Balaban J connectivity index is 2.35. The number of ether oxygens (including phenoxy) is 1. The fraction of sp³-hybridized carbons (Fsp3) is 0.636. The first-order valence-electron chi connectivity index (χ1n) is 5.89. The third-order valence-electron chi connectivity index (χ3n) is 3.28. The summed E-state index contributed by atoms with van der Waals surface area (Å²) in [5, 5.41) is 18.7. The zero-order valence-electron chi connectivity index (χ0n) is 10.3. The van der Waals surface area contributed by atoms with Gasteiger partial charge in [0.15, 0.2) is 0 Å². The molecule has 5 atom stereocenters. The van der Waals surface area contributed by atoms with E-state index in [1.807, 2.05) is 0 Å².